The quantitative estimate of drug-likeness (QED) is 0.533. The van der Waals surface area contributed by atoms with E-state index >= 15 is 0 Å². The summed E-state index contributed by atoms with van der Waals surface area (Å²) < 4.78 is 11.2. The van der Waals surface area contributed by atoms with Crippen molar-refractivity contribution in [3.8, 4) is 0 Å². The van der Waals surface area contributed by atoms with Gasteiger partial charge in [-0.3, -0.25) is 4.79 Å². The van der Waals surface area contributed by atoms with Crippen molar-refractivity contribution in [2.75, 3.05) is 13.2 Å². The van der Waals surface area contributed by atoms with E-state index in [9.17, 15) is 4.79 Å². The van der Waals surface area contributed by atoms with Crippen molar-refractivity contribution in [2.24, 2.45) is 5.92 Å². The van der Waals surface area contributed by atoms with Crippen molar-refractivity contribution in [1.29, 1.82) is 0 Å². The fourth-order valence-electron chi connectivity index (χ4n) is 1.97. The molecule has 0 amide bonds. The van der Waals surface area contributed by atoms with Gasteiger partial charge in [0.05, 0.1) is 6.10 Å². The normalized spacial score (nSPS) is 12.4. The van der Waals surface area contributed by atoms with E-state index in [-0.39, 0.29) is 11.7 Å². The molecule has 0 saturated heterocycles. The topological polar surface area (TPSA) is 35.5 Å². The highest BCUT2D eigenvalue weighted by Crippen LogP contribution is 2.17. The summed E-state index contributed by atoms with van der Waals surface area (Å²) in [4.78, 5) is 11.9. The molecule has 0 saturated carbocycles. The number of ether oxygens (including phenoxy) is 2. The second-order valence-electron chi connectivity index (χ2n) is 6.21. The van der Waals surface area contributed by atoms with Crippen molar-refractivity contribution in [3.63, 3.8) is 0 Å². The minimum Gasteiger partial charge on any atom is -0.379 e. The Morgan fingerprint density at radius 1 is 0.947 bits per heavy atom. The van der Waals surface area contributed by atoms with Crippen LogP contribution in [0.2, 0.25) is 0 Å². The Labute approximate surface area is 119 Å². The number of ketones is 1. The van der Waals surface area contributed by atoms with Gasteiger partial charge in [0.25, 0.3) is 0 Å². The maximum atomic E-state index is 11.9. The molecule has 19 heavy (non-hydrogen) atoms. The smallest absolute Gasteiger partial charge is 0.166 e. The fraction of sp³-hybridized carbons (Fsp3) is 0.938. The molecule has 0 aliphatic heterocycles. The average molecular weight is 272 g/mol. The fourth-order valence-corrected chi connectivity index (χ4v) is 1.97. The summed E-state index contributed by atoms with van der Waals surface area (Å²) in [6.45, 7) is 13.2. The second kappa shape index (κ2) is 9.49. The molecule has 0 N–H and O–H groups in total. The number of hydrogen-bond acceptors (Lipinski definition) is 3. The van der Waals surface area contributed by atoms with Gasteiger partial charge in [0.2, 0.25) is 0 Å². The van der Waals surface area contributed by atoms with Crippen LogP contribution in [0.3, 0.4) is 0 Å². The van der Waals surface area contributed by atoms with Crippen LogP contribution in [-0.2, 0) is 14.3 Å². The van der Waals surface area contributed by atoms with Crippen LogP contribution >= 0.6 is 0 Å². The van der Waals surface area contributed by atoms with Gasteiger partial charge in [-0.05, 0) is 40.5 Å². The van der Waals surface area contributed by atoms with Gasteiger partial charge in [-0.2, -0.15) is 0 Å². The van der Waals surface area contributed by atoms with Gasteiger partial charge in [0, 0.05) is 19.1 Å². The van der Waals surface area contributed by atoms with Crippen molar-refractivity contribution in [1.82, 2.24) is 0 Å². The predicted octanol–water partition coefficient (Wildman–Crippen LogP) is 3.99. The molecule has 0 radical (unpaired) electrons. The molecule has 3 nitrogen and oxygen atoms in total. The molecule has 0 aliphatic carbocycles. The maximum Gasteiger partial charge on any atom is 0.166 e. The molecule has 0 fully saturated rings. The summed E-state index contributed by atoms with van der Waals surface area (Å²) in [5.41, 5.74) is -0.644. The lowest BCUT2D eigenvalue weighted by Crippen LogP contribution is -2.38. The van der Waals surface area contributed by atoms with Gasteiger partial charge in [-0.25, -0.2) is 0 Å². The van der Waals surface area contributed by atoms with Gasteiger partial charge in [0.1, 0.15) is 5.60 Å². The first-order valence-corrected chi connectivity index (χ1v) is 7.57. The average Bonchev–Trinajstić information content (AvgIpc) is 2.30. The molecule has 0 aliphatic rings. The summed E-state index contributed by atoms with van der Waals surface area (Å²) in [7, 11) is 0. The number of rotatable bonds is 11. The van der Waals surface area contributed by atoms with Gasteiger partial charge in [0.15, 0.2) is 5.78 Å². The molecule has 0 heterocycles. The first kappa shape index (κ1) is 18.6. The lowest BCUT2D eigenvalue weighted by Gasteiger charge is -2.25. The molecule has 0 atom stereocenters. The third kappa shape index (κ3) is 9.17. The van der Waals surface area contributed by atoms with Crippen molar-refractivity contribution >= 4 is 5.78 Å². The highest BCUT2D eigenvalue weighted by molar-refractivity contribution is 5.88. The van der Waals surface area contributed by atoms with E-state index in [0.717, 1.165) is 32.3 Å². The summed E-state index contributed by atoms with van der Waals surface area (Å²) in [6.07, 6.45) is 4.73. The summed E-state index contributed by atoms with van der Waals surface area (Å²) in [5, 5.41) is 0. The SMILES string of the molecule is CC(C)OCCCCCCOC(C)(C)C(=O)C(C)C. The third-order valence-electron chi connectivity index (χ3n) is 3.07. The Morgan fingerprint density at radius 3 is 1.95 bits per heavy atom. The van der Waals surface area contributed by atoms with Gasteiger partial charge in [-0.1, -0.05) is 26.7 Å². The van der Waals surface area contributed by atoms with E-state index in [4.69, 9.17) is 9.47 Å². The molecule has 0 unspecified atom stereocenters. The van der Waals surface area contributed by atoms with Crippen LogP contribution in [0.25, 0.3) is 0 Å². The largest absolute Gasteiger partial charge is 0.379 e. The molecule has 0 aromatic rings. The monoisotopic (exact) mass is 272 g/mol. The number of carbonyl (C=O) groups excluding carboxylic acids is 1. The molecule has 0 spiro atoms. The van der Waals surface area contributed by atoms with E-state index in [1.807, 2.05) is 27.7 Å². The Balaban J connectivity index is 3.56. The van der Waals surface area contributed by atoms with Crippen molar-refractivity contribution in [2.45, 2.75) is 78.9 Å². The van der Waals surface area contributed by atoms with Crippen LogP contribution in [0.1, 0.15) is 67.2 Å². The first-order valence-electron chi connectivity index (χ1n) is 7.57. The van der Waals surface area contributed by atoms with Gasteiger partial charge < -0.3 is 9.47 Å². The Morgan fingerprint density at radius 2 is 1.47 bits per heavy atom. The van der Waals surface area contributed by atoms with Crippen LogP contribution in [0, 0.1) is 5.92 Å². The maximum absolute atomic E-state index is 11.9. The van der Waals surface area contributed by atoms with Gasteiger partial charge in [-0.15, -0.1) is 0 Å². The molecule has 114 valence electrons. The molecule has 0 rings (SSSR count). The van der Waals surface area contributed by atoms with E-state index in [1.54, 1.807) is 0 Å². The molecular weight excluding hydrogens is 240 g/mol. The van der Waals surface area contributed by atoms with Crippen LogP contribution in [0.5, 0.6) is 0 Å². The van der Waals surface area contributed by atoms with Gasteiger partial charge >= 0.3 is 0 Å². The van der Waals surface area contributed by atoms with E-state index in [0.29, 0.717) is 12.7 Å². The molecule has 3 heteroatoms. The number of hydrogen-bond donors (Lipinski definition) is 0. The van der Waals surface area contributed by atoms with Crippen LogP contribution < -0.4 is 0 Å². The zero-order chi connectivity index (χ0) is 14.9. The highest BCUT2D eigenvalue weighted by Gasteiger charge is 2.29. The molecule has 0 aromatic carbocycles. The summed E-state index contributed by atoms with van der Waals surface area (Å²) >= 11 is 0. The Hall–Kier alpha value is -0.410. The van der Waals surface area contributed by atoms with E-state index in [2.05, 4.69) is 13.8 Å². The second-order valence-corrected chi connectivity index (χ2v) is 6.21. The van der Waals surface area contributed by atoms with E-state index in [1.165, 1.54) is 0 Å². The lowest BCUT2D eigenvalue weighted by molar-refractivity contribution is -0.143. The van der Waals surface area contributed by atoms with Crippen LogP contribution in [0.4, 0.5) is 0 Å². The standard InChI is InChI=1S/C16H32O3/c1-13(2)15(17)16(5,6)19-12-10-8-7-9-11-18-14(3)4/h13-14H,7-12H2,1-6H3. The van der Waals surface area contributed by atoms with Crippen molar-refractivity contribution < 1.29 is 14.3 Å². The molecular formula is C16H32O3. The molecule has 0 aromatic heterocycles. The highest BCUT2D eigenvalue weighted by atomic mass is 16.5. The zero-order valence-electron chi connectivity index (χ0n) is 13.6. The minimum absolute atomic E-state index is 0.0307. The Bertz CT molecular complexity index is 244. The summed E-state index contributed by atoms with van der Waals surface area (Å²) in [5.74, 6) is 0.209. The van der Waals surface area contributed by atoms with Crippen LogP contribution in [0.15, 0.2) is 0 Å². The number of Topliss-reactive ketones (excluding diaryl/α,β-unsaturated/α-hetero) is 1. The zero-order valence-corrected chi connectivity index (χ0v) is 13.6. The third-order valence-corrected chi connectivity index (χ3v) is 3.07. The Kier molecular flexibility index (Phi) is 9.28. The van der Waals surface area contributed by atoms with Crippen molar-refractivity contribution in [3.05, 3.63) is 0 Å². The first-order chi connectivity index (χ1) is 8.77. The minimum atomic E-state index is -0.644. The summed E-state index contributed by atoms with van der Waals surface area (Å²) in [6, 6.07) is 0. The predicted molar refractivity (Wildman–Crippen MR) is 79.4 cm³/mol. The number of unbranched alkanes of at least 4 members (excludes halogenated alkanes) is 3. The lowest BCUT2D eigenvalue weighted by atomic mass is 9.94. The van der Waals surface area contributed by atoms with E-state index < -0.39 is 5.60 Å². The number of carbonyl (C=O) groups is 1. The molecule has 0 bridgehead atoms. The van der Waals surface area contributed by atoms with Crippen LogP contribution in [-0.4, -0.2) is 30.7 Å².